The van der Waals surface area contributed by atoms with E-state index in [9.17, 15) is 4.39 Å². The SMILES string of the molecule is Cc1ccc(C(C)Nc2nc(N)nc(C(C)F)n2)c(Cl)c1. The molecular formula is C14H17ClFN5. The molecule has 0 radical (unpaired) electrons. The fraction of sp³-hybridized carbons (Fsp3) is 0.357. The number of aromatic nitrogens is 3. The monoisotopic (exact) mass is 309 g/mol. The first-order valence-corrected chi connectivity index (χ1v) is 6.92. The van der Waals surface area contributed by atoms with E-state index in [0.29, 0.717) is 5.02 Å². The van der Waals surface area contributed by atoms with Crippen LogP contribution in [0.5, 0.6) is 0 Å². The van der Waals surface area contributed by atoms with Crippen LogP contribution in [0.3, 0.4) is 0 Å². The zero-order valence-electron chi connectivity index (χ0n) is 12.1. The lowest BCUT2D eigenvalue weighted by atomic mass is 10.1. The van der Waals surface area contributed by atoms with E-state index in [4.69, 9.17) is 17.3 Å². The van der Waals surface area contributed by atoms with E-state index in [-0.39, 0.29) is 23.8 Å². The lowest BCUT2D eigenvalue weighted by Gasteiger charge is -2.16. The number of rotatable bonds is 4. The molecule has 7 heteroatoms. The van der Waals surface area contributed by atoms with E-state index in [1.807, 2.05) is 32.0 Å². The summed E-state index contributed by atoms with van der Waals surface area (Å²) in [6.07, 6.45) is -1.31. The normalized spacial score (nSPS) is 13.8. The molecule has 2 atom stereocenters. The van der Waals surface area contributed by atoms with E-state index in [2.05, 4.69) is 20.3 Å². The number of nitrogens with zero attached hydrogens (tertiary/aromatic N) is 3. The largest absolute Gasteiger partial charge is 0.368 e. The third-order valence-corrected chi connectivity index (χ3v) is 3.32. The van der Waals surface area contributed by atoms with Crippen LogP contribution in [0.15, 0.2) is 18.2 Å². The molecule has 0 spiro atoms. The van der Waals surface area contributed by atoms with E-state index in [1.54, 1.807) is 0 Å². The van der Waals surface area contributed by atoms with Crippen LogP contribution < -0.4 is 11.1 Å². The van der Waals surface area contributed by atoms with Crippen LogP contribution in [0.25, 0.3) is 0 Å². The van der Waals surface area contributed by atoms with Gasteiger partial charge >= 0.3 is 0 Å². The topological polar surface area (TPSA) is 76.7 Å². The average molecular weight is 310 g/mol. The van der Waals surface area contributed by atoms with Crippen LogP contribution in [0, 0.1) is 6.92 Å². The Bertz CT molecular complexity index is 647. The van der Waals surface area contributed by atoms with Gasteiger partial charge in [0.05, 0.1) is 6.04 Å². The quantitative estimate of drug-likeness (QED) is 0.902. The van der Waals surface area contributed by atoms with Crippen molar-refractivity contribution in [3.05, 3.63) is 40.2 Å². The van der Waals surface area contributed by atoms with Crippen LogP contribution >= 0.6 is 11.6 Å². The zero-order chi connectivity index (χ0) is 15.6. The van der Waals surface area contributed by atoms with Crippen LogP contribution in [0.4, 0.5) is 16.3 Å². The molecule has 3 N–H and O–H groups in total. The Hall–Kier alpha value is -1.95. The number of aryl methyl sites for hydroxylation is 1. The first kappa shape index (κ1) is 15.4. The molecule has 112 valence electrons. The molecule has 0 fully saturated rings. The molecule has 2 unspecified atom stereocenters. The number of nitrogen functional groups attached to an aromatic ring is 1. The van der Waals surface area contributed by atoms with Crippen molar-refractivity contribution in [3.8, 4) is 0 Å². The Labute approximate surface area is 127 Å². The van der Waals surface area contributed by atoms with Gasteiger partial charge in [0, 0.05) is 5.02 Å². The Morgan fingerprint density at radius 2 is 1.95 bits per heavy atom. The first-order chi connectivity index (χ1) is 9.86. The number of hydrogen-bond donors (Lipinski definition) is 2. The first-order valence-electron chi connectivity index (χ1n) is 6.55. The Morgan fingerprint density at radius 3 is 2.57 bits per heavy atom. The van der Waals surface area contributed by atoms with Crippen LogP contribution in [-0.2, 0) is 0 Å². The molecule has 0 bridgehead atoms. The molecule has 2 rings (SSSR count). The number of alkyl halides is 1. The second-order valence-electron chi connectivity index (χ2n) is 4.88. The second-order valence-corrected chi connectivity index (χ2v) is 5.29. The van der Waals surface area contributed by atoms with Gasteiger partial charge in [-0.05, 0) is 38.0 Å². The molecule has 5 nitrogen and oxygen atoms in total. The highest BCUT2D eigenvalue weighted by molar-refractivity contribution is 6.31. The van der Waals surface area contributed by atoms with Crippen molar-refractivity contribution in [2.75, 3.05) is 11.1 Å². The van der Waals surface area contributed by atoms with Crippen molar-refractivity contribution in [1.29, 1.82) is 0 Å². The zero-order valence-corrected chi connectivity index (χ0v) is 12.8. The molecular weight excluding hydrogens is 293 g/mol. The van der Waals surface area contributed by atoms with Gasteiger partial charge in [0.15, 0.2) is 12.0 Å². The molecule has 21 heavy (non-hydrogen) atoms. The van der Waals surface area contributed by atoms with Gasteiger partial charge in [0.2, 0.25) is 11.9 Å². The number of nitrogens with one attached hydrogen (secondary N) is 1. The van der Waals surface area contributed by atoms with E-state index in [0.717, 1.165) is 11.1 Å². The number of benzene rings is 1. The lowest BCUT2D eigenvalue weighted by Crippen LogP contribution is -2.13. The summed E-state index contributed by atoms with van der Waals surface area (Å²) >= 11 is 6.23. The molecule has 0 aliphatic carbocycles. The average Bonchev–Trinajstić information content (AvgIpc) is 2.37. The molecule has 1 heterocycles. The third-order valence-electron chi connectivity index (χ3n) is 2.99. The fourth-order valence-corrected chi connectivity index (χ4v) is 2.31. The standard InChI is InChI=1S/C14H17ClFN5/c1-7-4-5-10(11(15)6-7)9(3)18-14-20-12(8(2)16)19-13(17)21-14/h4-6,8-9H,1-3H3,(H3,17,18,19,20,21). The van der Waals surface area contributed by atoms with Crippen molar-refractivity contribution in [2.24, 2.45) is 0 Å². The van der Waals surface area contributed by atoms with Gasteiger partial charge in [-0.2, -0.15) is 15.0 Å². The number of nitrogens with two attached hydrogens (primary N) is 1. The predicted molar refractivity (Wildman–Crippen MR) is 82.0 cm³/mol. The van der Waals surface area contributed by atoms with Crippen molar-refractivity contribution >= 4 is 23.5 Å². The van der Waals surface area contributed by atoms with Gasteiger partial charge in [-0.15, -0.1) is 0 Å². The summed E-state index contributed by atoms with van der Waals surface area (Å²) < 4.78 is 13.3. The lowest BCUT2D eigenvalue weighted by molar-refractivity contribution is 0.356. The Morgan fingerprint density at radius 1 is 1.24 bits per heavy atom. The fourth-order valence-electron chi connectivity index (χ4n) is 1.91. The summed E-state index contributed by atoms with van der Waals surface area (Å²) in [7, 11) is 0. The van der Waals surface area contributed by atoms with Crippen molar-refractivity contribution in [2.45, 2.75) is 33.0 Å². The summed E-state index contributed by atoms with van der Waals surface area (Å²) in [4.78, 5) is 11.7. The molecule has 2 aromatic rings. The second kappa shape index (κ2) is 6.22. The van der Waals surface area contributed by atoms with Gasteiger partial charge in [-0.1, -0.05) is 23.7 Å². The maximum absolute atomic E-state index is 13.3. The minimum Gasteiger partial charge on any atom is -0.368 e. The molecule has 1 aromatic carbocycles. The van der Waals surface area contributed by atoms with Crippen LogP contribution in [0.2, 0.25) is 5.02 Å². The van der Waals surface area contributed by atoms with Gasteiger partial charge < -0.3 is 11.1 Å². The van der Waals surface area contributed by atoms with Crippen LogP contribution in [-0.4, -0.2) is 15.0 Å². The van der Waals surface area contributed by atoms with E-state index < -0.39 is 6.17 Å². The van der Waals surface area contributed by atoms with Crippen molar-refractivity contribution in [1.82, 2.24) is 15.0 Å². The van der Waals surface area contributed by atoms with E-state index in [1.165, 1.54) is 6.92 Å². The summed E-state index contributed by atoms with van der Waals surface area (Å²) in [5.74, 6) is 0.215. The molecule has 0 amide bonds. The molecule has 0 saturated carbocycles. The number of hydrogen-bond acceptors (Lipinski definition) is 5. The Kier molecular flexibility index (Phi) is 4.57. The highest BCUT2D eigenvalue weighted by Crippen LogP contribution is 2.26. The minimum atomic E-state index is -1.31. The van der Waals surface area contributed by atoms with Crippen LogP contribution in [0.1, 0.15) is 43.0 Å². The highest BCUT2D eigenvalue weighted by Gasteiger charge is 2.14. The molecule has 0 aliphatic rings. The molecule has 0 saturated heterocycles. The molecule has 1 aromatic heterocycles. The van der Waals surface area contributed by atoms with Crippen molar-refractivity contribution < 1.29 is 4.39 Å². The Balaban J connectivity index is 2.25. The smallest absolute Gasteiger partial charge is 0.228 e. The summed E-state index contributed by atoms with van der Waals surface area (Å²) in [5, 5.41) is 3.71. The maximum Gasteiger partial charge on any atom is 0.228 e. The van der Waals surface area contributed by atoms with Gasteiger partial charge in [0.25, 0.3) is 0 Å². The summed E-state index contributed by atoms with van der Waals surface area (Å²) in [5.41, 5.74) is 7.54. The summed E-state index contributed by atoms with van der Waals surface area (Å²) in [6, 6.07) is 5.63. The molecule has 0 aliphatic heterocycles. The van der Waals surface area contributed by atoms with E-state index >= 15 is 0 Å². The summed E-state index contributed by atoms with van der Waals surface area (Å²) in [6.45, 7) is 5.23. The predicted octanol–water partition coefficient (Wildman–Crippen LogP) is 3.62. The number of halogens is 2. The minimum absolute atomic E-state index is 0.00667. The van der Waals surface area contributed by atoms with Gasteiger partial charge in [-0.25, -0.2) is 4.39 Å². The number of anilines is 2. The maximum atomic E-state index is 13.3. The highest BCUT2D eigenvalue weighted by atomic mass is 35.5. The van der Waals surface area contributed by atoms with Gasteiger partial charge in [0.1, 0.15) is 0 Å². The van der Waals surface area contributed by atoms with Gasteiger partial charge in [-0.3, -0.25) is 0 Å². The third kappa shape index (κ3) is 3.78. The van der Waals surface area contributed by atoms with Crippen molar-refractivity contribution in [3.63, 3.8) is 0 Å².